The molecule has 1 rings (SSSR count). The molecule has 1 fully saturated rings. The molecule has 0 radical (unpaired) electrons. The molecule has 4 atom stereocenters. The van der Waals surface area contributed by atoms with E-state index in [1.165, 1.54) is 0 Å². The van der Waals surface area contributed by atoms with Gasteiger partial charge in [0.25, 0.3) is 0 Å². The van der Waals surface area contributed by atoms with Gasteiger partial charge in [-0.1, -0.05) is 6.92 Å². The molecule has 5 nitrogen and oxygen atoms in total. The topological polar surface area (TPSA) is 79.2 Å². The van der Waals surface area contributed by atoms with E-state index in [0.717, 1.165) is 6.42 Å². The van der Waals surface area contributed by atoms with Crippen molar-refractivity contribution in [2.45, 2.75) is 37.9 Å². The first-order valence-corrected chi connectivity index (χ1v) is 4.44. The summed E-state index contributed by atoms with van der Waals surface area (Å²) in [5.74, 6) is 0. The van der Waals surface area contributed by atoms with Gasteiger partial charge in [0.2, 0.25) is 0 Å². The van der Waals surface area contributed by atoms with Gasteiger partial charge in [-0.05, 0) is 6.42 Å². The number of aliphatic hydroxyl groups excluding tert-OH is 3. The molecule has 3 N–H and O–H groups in total. The minimum Gasteiger partial charge on any atom is -0.394 e. The zero-order valence-electron chi connectivity index (χ0n) is 7.59. The van der Waals surface area contributed by atoms with Crippen LogP contribution in [0.2, 0.25) is 0 Å². The Balaban J connectivity index is 2.40. The zero-order chi connectivity index (χ0) is 9.84. The van der Waals surface area contributed by atoms with Crippen LogP contribution in [0.25, 0.3) is 0 Å². The molecule has 0 aromatic rings. The van der Waals surface area contributed by atoms with Gasteiger partial charge in [0.1, 0.15) is 18.3 Å². The van der Waals surface area contributed by atoms with Crippen molar-refractivity contribution in [3.8, 4) is 0 Å². The van der Waals surface area contributed by atoms with E-state index in [-0.39, 0.29) is 6.61 Å². The summed E-state index contributed by atoms with van der Waals surface area (Å²) < 4.78 is 10.2. The summed E-state index contributed by atoms with van der Waals surface area (Å²) in [5, 5.41) is 27.4. The van der Waals surface area contributed by atoms with E-state index >= 15 is 0 Å². The average Bonchev–Trinajstić information content (AvgIpc) is 2.41. The highest BCUT2D eigenvalue weighted by Gasteiger charge is 2.42. The van der Waals surface area contributed by atoms with Gasteiger partial charge in [-0.25, -0.2) is 0 Å². The molecule has 1 saturated heterocycles. The molecule has 13 heavy (non-hydrogen) atoms. The van der Waals surface area contributed by atoms with Gasteiger partial charge in [0, 0.05) is 6.61 Å². The molecule has 0 bridgehead atoms. The second-order valence-electron chi connectivity index (χ2n) is 3.08. The van der Waals surface area contributed by atoms with Crippen molar-refractivity contribution in [1.29, 1.82) is 0 Å². The summed E-state index contributed by atoms with van der Waals surface area (Å²) >= 11 is 0. The molecule has 1 heterocycles. The monoisotopic (exact) mass is 192 g/mol. The standard InChI is InChI=1S/C8H16O5/c1-2-3-12-8-7(11)6(10)5(4-9)13-8/h5-11H,2-4H2,1H3/t5-,6+,7-,8?/m1/s1. The summed E-state index contributed by atoms with van der Waals surface area (Å²) in [4.78, 5) is 0. The van der Waals surface area contributed by atoms with Crippen LogP contribution in [-0.4, -0.2) is 53.1 Å². The van der Waals surface area contributed by atoms with Crippen molar-refractivity contribution in [3.63, 3.8) is 0 Å². The lowest BCUT2D eigenvalue weighted by atomic mass is 10.1. The van der Waals surface area contributed by atoms with Gasteiger partial charge in [-0.3, -0.25) is 0 Å². The van der Waals surface area contributed by atoms with Crippen LogP contribution < -0.4 is 0 Å². The van der Waals surface area contributed by atoms with Gasteiger partial charge < -0.3 is 24.8 Å². The van der Waals surface area contributed by atoms with E-state index in [4.69, 9.17) is 14.6 Å². The van der Waals surface area contributed by atoms with E-state index in [1.54, 1.807) is 0 Å². The molecular weight excluding hydrogens is 176 g/mol. The molecule has 0 amide bonds. The Kier molecular flexibility index (Phi) is 4.08. The maximum atomic E-state index is 9.37. The lowest BCUT2D eigenvalue weighted by molar-refractivity contribution is -0.169. The molecule has 0 aromatic carbocycles. The molecule has 1 unspecified atom stereocenters. The first-order chi connectivity index (χ1) is 6.20. The van der Waals surface area contributed by atoms with Gasteiger partial charge in [-0.2, -0.15) is 0 Å². The molecule has 0 saturated carbocycles. The van der Waals surface area contributed by atoms with E-state index in [0.29, 0.717) is 6.61 Å². The van der Waals surface area contributed by atoms with E-state index < -0.39 is 24.6 Å². The Morgan fingerprint density at radius 1 is 1.31 bits per heavy atom. The fourth-order valence-electron chi connectivity index (χ4n) is 1.24. The van der Waals surface area contributed by atoms with E-state index in [9.17, 15) is 10.2 Å². The molecule has 0 aliphatic carbocycles. The SMILES string of the molecule is CCCOC1O[C@H](CO)[C@H](O)[C@H]1O. The third-order valence-corrected chi connectivity index (χ3v) is 1.98. The highest BCUT2D eigenvalue weighted by Crippen LogP contribution is 2.21. The van der Waals surface area contributed by atoms with Gasteiger partial charge in [-0.15, -0.1) is 0 Å². The quantitative estimate of drug-likeness (QED) is 0.524. The van der Waals surface area contributed by atoms with Crippen LogP contribution in [0.1, 0.15) is 13.3 Å². The number of hydrogen-bond acceptors (Lipinski definition) is 5. The zero-order valence-corrected chi connectivity index (χ0v) is 7.59. The van der Waals surface area contributed by atoms with Crippen LogP contribution >= 0.6 is 0 Å². The fraction of sp³-hybridized carbons (Fsp3) is 1.00. The predicted octanol–water partition coefficient (Wildman–Crippen LogP) is -1.15. The maximum Gasteiger partial charge on any atom is 0.186 e. The fourth-order valence-corrected chi connectivity index (χ4v) is 1.24. The third kappa shape index (κ3) is 2.38. The summed E-state index contributed by atoms with van der Waals surface area (Å²) in [6, 6.07) is 0. The summed E-state index contributed by atoms with van der Waals surface area (Å²) in [6.07, 6.45) is -2.87. The molecular formula is C8H16O5. The second-order valence-corrected chi connectivity index (χ2v) is 3.08. The molecule has 1 aliphatic heterocycles. The van der Waals surface area contributed by atoms with Gasteiger partial charge in [0.05, 0.1) is 6.61 Å². The van der Waals surface area contributed by atoms with Crippen LogP contribution in [0.15, 0.2) is 0 Å². The second kappa shape index (κ2) is 4.88. The Labute approximate surface area is 76.9 Å². The summed E-state index contributed by atoms with van der Waals surface area (Å²) in [7, 11) is 0. The van der Waals surface area contributed by atoms with Crippen LogP contribution in [0.5, 0.6) is 0 Å². The largest absolute Gasteiger partial charge is 0.394 e. The van der Waals surface area contributed by atoms with Crippen molar-refractivity contribution in [3.05, 3.63) is 0 Å². The Morgan fingerprint density at radius 3 is 2.46 bits per heavy atom. The first kappa shape index (κ1) is 10.9. The maximum absolute atomic E-state index is 9.37. The number of hydrogen-bond donors (Lipinski definition) is 3. The number of ether oxygens (including phenoxy) is 2. The highest BCUT2D eigenvalue weighted by atomic mass is 16.7. The van der Waals surface area contributed by atoms with Crippen LogP contribution in [0.4, 0.5) is 0 Å². The van der Waals surface area contributed by atoms with Crippen molar-refractivity contribution < 1.29 is 24.8 Å². The Morgan fingerprint density at radius 2 is 2.00 bits per heavy atom. The molecule has 0 aromatic heterocycles. The molecule has 0 spiro atoms. The predicted molar refractivity (Wildman–Crippen MR) is 44.0 cm³/mol. The lowest BCUT2D eigenvalue weighted by Crippen LogP contribution is -2.34. The first-order valence-electron chi connectivity index (χ1n) is 4.44. The minimum absolute atomic E-state index is 0.315. The summed E-state index contributed by atoms with van der Waals surface area (Å²) in [6.45, 7) is 2.08. The lowest BCUT2D eigenvalue weighted by Gasteiger charge is -2.14. The van der Waals surface area contributed by atoms with Crippen molar-refractivity contribution >= 4 is 0 Å². The van der Waals surface area contributed by atoms with Crippen LogP contribution in [0.3, 0.4) is 0 Å². The van der Waals surface area contributed by atoms with Crippen molar-refractivity contribution in [2.75, 3.05) is 13.2 Å². The molecule has 78 valence electrons. The Hall–Kier alpha value is -0.200. The van der Waals surface area contributed by atoms with Crippen molar-refractivity contribution in [1.82, 2.24) is 0 Å². The molecule has 1 aliphatic rings. The number of aliphatic hydroxyl groups is 3. The summed E-state index contributed by atoms with van der Waals surface area (Å²) in [5.41, 5.74) is 0. The van der Waals surface area contributed by atoms with E-state index in [2.05, 4.69) is 0 Å². The van der Waals surface area contributed by atoms with Crippen molar-refractivity contribution in [2.24, 2.45) is 0 Å². The van der Waals surface area contributed by atoms with E-state index in [1.807, 2.05) is 6.92 Å². The average molecular weight is 192 g/mol. The van der Waals surface area contributed by atoms with Gasteiger partial charge >= 0.3 is 0 Å². The Bertz CT molecular complexity index is 151. The van der Waals surface area contributed by atoms with Gasteiger partial charge in [0.15, 0.2) is 6.29 Å². The molecule has 5 heteroatoms. The minimum atomic E-state index is -1.07. The number of rotatable bonds is 4. The third-order valence-electron chi connectivity index (χ3n) is 1.98. The normalized spacial score (nSPS) is 39.7. The smallest absolute Gasteiger partial charge is 0.186 e. The van der Waals surface area contributed by atoms with Crippen LogP contribution in [0, 0.1) is 0 Å². The highest BCUT2D eigenvalue weighted by molar-refractivity contribution is 4.85. The van der Waals surface area contributed by atoms with Crippen LogP contribution in [-0.2, 0) is 9.47 Å².